The lowest BCUT2D eigenvalue weighted by molar-refractivity contribution is 0.0834. The summed E-state index contributed by atoms with van der Waals surface area (Å²) in [4.78, 5) is 2.56. The van der Waals surface area contributed by atoms with E-state index in [-0.39, 0.29) is 0 Å². The molecule has 0 aromatic heterocycles. The van der Waals surface area contributed by atoms with E-state index < -0.39 is 0 Å². The van der Waals surface area contributed by atoms with Gasteiger partial charge >= 0.3 is 0 Å². The molecule has 2 nitrogen and oxygen atoms in total. The van der Waals surface area contributed by atoms with Crippen LogP contribution in [0.2, 0.25) is 0 Å². The summed E-state index contributed by atoms with van der Waals surface area (Å²) >= 11 is 0. The third-order valence-electron chi connectivity index (χ3n) is 4.33. The van der Waals surface area contributed by atoms with E-state index >= 15 is 0 Å². The Kier molecular flexibility index (Phi) is 5.41. The zero-order chi connectivity index (χ0) is 13.7. The SMILES string of the molecule is CC(C)NCC1CCC1N(C)CCc1ccccc1. The highest BCUT2D eigenvalue weighted by atomic mass is 15.1. The lowest BCUT2D eigenvalue weighted by atomic mass is 9.78. The number of benzene rings is 1. The van der Waals surface area contributed by atoms with Crippen molar-refractivity contribution in [3.8, 4) is 0 Å². The van der Waals surface area contributed by atoms with E-state index in [1.165, 1.54) is 31.5 Å². The second kappa shape index (κ2) is 7.06. The van der Waals surface area contributed by atoms with Crippen LogP contribution >= 0.6 is 0 Å². The van der Waals surface area contributed by atoms with E-state index in [9.17, 15) is 0 Å². The zero-order valence-corrected chi connectivity index (χ0v) is 12.6. The van der Waals surface area contributed by atoms with Crippen molar-refractivity contribution < 1.29 is 0 Å². The third-order valence-corrected chi connectivity index (χ3v) is 4.33. The molecule has 0 heterocycles. The van der Waals surface area contributed by atoms with Crippen molar-refractivity contribution in [3.63, 3.8) is 0 Å². The molecule has 2 atom stereocenters. The highest BCUT2D eigenvalue weighted by Crippen LogP contribution is 2.31. The van der Waals surface area contributed by atoms with Gasteiger partial charge in [0, 0.05) is 18.6 Å². The molecule has 2 heteroatoms. The molecule has 2 unspecified atom stereocenters. The van der Waals surface area contributed by atoms with Crippen molar-refractivity contribution in [1.29, 1.82) is 0 Å². The van der Waals surface area contributed by atoms with Crippen molar-refractivity contribution in [1.82, 2.24) is 10.2 Å². The number of rotatable bonds is 7. The zero-order valence-electron chi connectivity index (χ0n) is 12.6. The number of hydrogen-bond donors (Lipinski definition) is 1. The van der Waals surface area contributed by atoms with Gasteiger partial charge in [0.2, 0.25) is 0 Å². The molecule has 1 aromatic carbocycles. The summed E-state index contributed by atoms with van der Waals surface area (Å²) < 4.78 is 0. The molecule has 0 saturated heterocycles. The number of nitrogens with zero attached hydrogens (tertiary/aromatic N) is 1. The Bertz CT molecular complexity index is 361. The Balaban J connectivity index is 1.72. The van der Waals surface area contributed by atoms with Crippen molar-refractivity contribution in [3.05, 3.63) is 35.9 Å². The Morgan fingerprint density at radius 1 is 1.21 bits per heavy atom. The van der Waals surface area contributed by atoms with E-state index in [1.807, 2.05) is 0 Å². The topological polar surface area (TPSA) is 15.3 Å². The van der Waals surface area contributed by atoms with Gasteiger partial charge < -0.3 is 10.2 Å². The van der Waals surface area contributed by atoms with Gasteiger partial charge in [-0.1, -0.05) is 44.2 Å². The summed E-state index contributed by atoms with van der Waals surface area (Å²) in [5, 5.41) is 3.58. The maximum Gasteiger partial charge on any atom is 0.0133 e. The highest BCUT2D eigenvalue weighted by molar-refractivity contribution is 5.14. The van der Waals surface area contributed by atoms with Gasteiger partial charge in [0.15, 0.2) is 0 Å². The fraction of sp³-hybridized carbons (Fsp3) is 0.647. The first-order valence-electron chi connectivity index (χ1n) is 7.64. The second-order valence-electron chi connectivity index (χ2n) is 6.18. The standard InChI is InChI=1S/C17H28N2/c1-14(2)18-13-16-9-10-17(16)19(3)12-11-15-7-5-4-6-8-15/h4-8,14,16-18H,9-13H2,1-3H3. The van der Waals surface area contributed by atoms with E-state index in [1.54, 1.807) is 0 Å². The molecule has 1 N–H and O–H groups in total. The van der Waals surface area contributed by atoms with Gasteiger partial charge in [-0.25, -0.2) is 0 Å². The van der Waals surface area contributed by atoms with Crippen LogP contribution in [0.3, 0.4) is 0 Å². The fourth-order valence-electron chi connectivity index (χ4n) is 2.87. The van der Waals surface area contributed by atoms with E-state index in [0.717, 1.165) is 18.4 Å². The lowest BCUT2D eigenvalue weighted by Crippen LogP contribution is -2.50. The van der Waals surface area contributed by atoms with Gasteiger partial charge in [-0.05, 0) is 44.3 Å². The molecule has 1 fully saturated rings. The molecule has 0 spiro atoms. The van der Waals surface area contributed by atoms with Crippen LogP contribution in [0, 0.1) is 5.92 Å². The van der Waals surface area contributed by atoms with Gasteiger partial charge in [-0.15, -0.1) is 0 Å². The summed E-state index contributed by atoms with van der Waals surface area (Å²) in [5.74, 6) is 0.850. The summed E-state index contributed by atoms with van der Waals surface area (Å²) in [7, 11) is 2.29. The van der Waals surface area contributed by atoms with Gasteiger partial charge in [-0.3, -0.25) is 0 Å². The molecule has 0 aliphatic heterocycles. The molecular formula is C17H28N2. The first kappa shape index (κ1) is 14.5. The monoisotopic (exact) mass is 260 g/mol. The smallest absolute Gasteiger partial charge is 0.0133 e. The molecular weight excluding hydrogens is 232 g/mol. The van der Waals surface area contributed by atoms with E-state index in [4.69, 9.17) is 0 Å². The fourth-order valence-corrected chi connectivity index (χ4v) is 2.87. The maximum atomic E-state index is 3.58. The Morgan fingerprint density at radius 3 is 2.53 bits per heavy atom. The van der Waals surface area contributed by atoms with Gasteiger partial charge in [0.25, 0.3) is 0 Å². The van der Waals surface area contributed by atoms with E-state index in [0.29, 0.717) is 6.04 Å². The van der Waals surface area contributed by atoms with Gasteiger partial charge in [0.05, 0.1) is 0 Å². The van der Waals surface area contributed by atoms with Gasteiger partial charge in [0.1, 0.15) is 0 Å². The van der Waals surface area contributed by atoms with Crippen LogP contribution in [-0.2, 0) is 6.42 Å². The molecule has 0 amide bonds. The first-order valence-corrected chi connectivity index (χ1v) is 7.64. The van der Waals surface area contributed by atoms with Gasteiger partial charge in [-0.2, -0.15) is 0 Å². The largest absolute Gasteiger partial charge is 0.314 e. The minimum atomic E-state index is 0.607. The second-order valence-corrected chi connectivity index (χ2v) is 6.18. The number of nitrogens with one attached hydrogen (secondary N) is 1. The molecule has 1 saturated carbocycles. The molecule has 1 aliphatic carbocycles. The van der Waals surface area contributed by atoms with Crippen molar-refractivity contribution >= 4 is 0 Å². The number of hydrogen-bond acceptors (Lipinski definition) is 2. The first-order chi connectivity index (χ1) is 9.16. The maximum absolute atomic E-state index is 3.58. The molecule has 1 aromatic rings. The van der Waals surface area contributed by atoms with Crippen LogP contribution in [-0.4, -0.2) is 37.1 Å². The molecule has 1 aliphatic rings. The summed E-state index contributed by atoms with van der Waals surface area (Å²) in [6.45, 7) is 6.81. The van der Waals surface area contributed by atoms with Crippen LogP contribution in [0.5, 0.6) is 0 Å². The quantitative estimate of drug-likeness (QED) is 0.811. The van der Waals surface area contributed by atoms with E-state index in [2.05, 4.69) is 61.4 Å². The third kappa shape index (κ3) is 4.32. The van der Waals surface area contributed by atoms with Crippen LogP contribution < -0.4 is 5.32 Å². The molecule has 2 rings (SSSR count). The minimum absolute atomic E-state index is 0.607. The number of likely N-dealkylation sites (N-methyl/N-ethyl adjacent to an activating group) is 1. The molecule has 19 heavy (non-hydrogen) atoms. The van der Waals surface area contributed by atoms with Crippen LogP contribution in [0.25, 0.3) is 0 Å². The predicted molar refractivity (Wildman–Crippen MR) is 82.4 cm³/mol. The molecule has 0 radical (unpaired) electrons. The van der Waals surface area contributed by atoms with Crippen LogP contribution in [0.4, 0.5) is 0 Å². The summed E-state index contributed by atoms with van der Waals surface area (Å²) in [5.41, 5.74) is 1.45. The summed E-state index contributed by atoms with van der Waals surface area (Å²) in [6.07, 6.45) is 3.92. The predicted octanol–water partition coefficient (Wildman–Crippen LogP) is 2.94. The minimum Gasteiger partial charge on any atom is -0.314 e. The van der Waals surface area contributed by atoms with Crippen molar-refractivity contribution in [2.45, 2.75) is 45.2 Å². The highest BCUT2D eigenvalue weighted by Gasteiger charge is 2.33. The van der Waals surface area contributed by atoms with Crippen molar-refractivity contribution in [2.75, 3.05) is 20.1 Å². The normalized spacial score (nSPS) is 22.8. The van der Waals surface area contributed by atoms with Crippen molar-refractivity contribution in [2.24, 2.45) is 5.92 Å². The van der Waals surface area contributed by atoms with Crippen LogP contribution in [0.1, 0.15) is 32.3 Å². The molecule has 106 valence electrons. The Hall–Kier alpha value is -0.860. The average Bonchev–Trinajstić information content (AvgIpc) is 2.36. The Morgan fingerprint density at radius 2 is 1.95 bits per heavy atom. The van der Waals surface area contributed by atoms with Crippen LogP contribution in [0.15, 0.2) is 30.3 Å². The average molecular weight is 260 g/mol. The lowest BCUT2D eigenvalue weighted by Gasteiger charge is -2.43. The Labute approximate surface area is 118 Å². The summed E-state index contributed by atoms with van der Waals surface area (Å²) in [6, 6.07) is 12.2. The molecule has 0 bridgehead atoms.